The number of rotatable bonds is 5. The third kappa shape index (κ3) is 3.82. The van der Waals surface area contributed by atoms with Crippen molar-refractivity contribution in [2.45, 2.75) is 19.8 Å². The van der Waals surface area contributed by atoms with Crippen molar-refractivity contribution in [3.8, 4) is 12.3 Å². The fourth-order valence-corrected chi connectivity index (χ4v) is 0.796. The lowest BCUT2D eigenvalue weighted by atomic mass is 10.0. The van der Waals surface area contributed by atoms with E-state index in [2.05, 4.69) is 12.5 Å². The summed E-state index contributed by atoms with van der Waals surface area (Å²) in [5.41, 5.74) is 0. The van der Waals surface area contributed by atoms with E-state index in [1.54, 1.807) is 6.08 Å². The smallest absolute Gasteiger partial charge is 0.310 e. The second-order valence-corrected chi connectivity index (χ2v) is 2.43. The van der Waals surface area contributed by atoms with Gasteiger partial charge in [-0.3, -0.25) is 4.79 Å². The third-order valence-electron chi connectivity index (χ3n) is 1.53. The lowest BCUT2D eigenvalue weighted by molar-refractivity contribution is -0.147. The summed E-state index contributed by atoms with van der Waals surface area (Å²) in [6.45, 7) is 5.62. The zero-order valence-electron chi connectivity index (χ0n) is 7.38. The second-order valence-electron chi connectivity index (χ2n) is 2.43. The van der Waals surface area contributed by atoms with Crippen molar-refractivity contribution in [1.29, 1.82) is 0 Å². The minimum absolute atomic E-state index is 0.157. The maximum absolute atomic E-state index is 11.2. The Morgan fingerprint density at radius 1 is 1.83 bits per heavy atom. The van der Waals surface area contributed by atoms with E-state index in [-0.39, 0.29) is 18.5 Å². The first kappa shape index (κ1) is 10.8. The highest BCUT2D eigenvalue weighted by Crippen LogP contribution is 2.09. The van der Waals surface area contributed by atoms with E-state index in [9.17, 15) is 4.79 Å². The van der Waals surface area contributed by atoms with Crippen molar-refractivity contribution < 1.29 is 9.53 Å². The summed E-state index contributed by atoms with van der Waals surface area (Å²) in [7, 11) is 0. The van der Waals surface area contributed by atoms with Crippen LogP contribution in [0.25, 0.3) is 0 Å². The highest BCUT2D eigenvalue weighted by Gasteiger charge is 2.15. The summed E-state index contributed by atoms with van der Waals surface area (Å²) >= 11 is 0. The highest BCUT2D eigenvalue weighted by atomic mass is 16.5. The molecular weight excluding hydrogens is 152 g/mol. The van der Waals surface area contributed by atoms with E-state index in [4.69, 9.17) is 11.2 Å². The molecule has 1 atom stereocenters. The maximum Gasteiger partial charge on any atom is 0.310 e. The molecule has 0 fully saturated rings. The second kappa shape index (κ2) is 6.48. The van der Waals surface area contributed by atoms with Crippen molar-refractivity contribution in [3.05, 3.63) is 12.7 Å². The average molecular weight is 166 g/mol. The summed E-state index contributed by atoms with van der Waals surface area (Å²) in [4.78, 5) is 11.2. The lowest BCUT2D eigenvalue weighted by Gasteiger charge is -2.09. The number of terminal acetylenes is 1. The van der Waals surface area contributed by atoms with E-state index in [1.165, 1.54) is 0 Å². The van der Waals surface area contributed by atoms with Crippen LogP contribution in [0.3, 0.4) is 0 Å². The minimum Gasteiger partial charge on any atom is -0.461 e. The Bertz CT molecular complexity index is 189. The number of esters is 1. The minimum atomic E-state index is -0.227. The van der Waals surface area contributed by atoms with Crippen LogP contribution >= 0.6 is 0 Å². The summed E-state index contributed by atoms with van der Waals surface area (Å²) in [6.07, 6.45) is 7.81. The van der Waals surface area contributed by atoms with E-state index < -0.39 is 0 Å². The first-order valence-electron chi connectivity index (χ1n) is 3.97. The molecule has 0 amide bonds. The Kier molecular flexibility index (Phi) is 5.81. The van der Waals surface area contributed by atoms with Gasteiger partial charge in [0.25, 0.3) is 0 Å². The number of carbonyl (C=O) groups is 1. The van der Waals surface area contributed by atoms with Crippen molar-refractivity contribution in [2.24, 2.45) is 5.92 Å². The van der Waals surface area contributed by atoms with Crippen molar-refractivity contribution >= 4 is 5.97 Å². The van der Waals surface area contributed by atoms with Gasteiger partial charge in [-0.05, 0) is 6.42 Å². The molecule has 0 bridgehead atoms. The number of ether oxygens (including phenoxy) is 1. The number of hydrogen-bond donors (Lipinski definition) is 0. The zero-order chi connectivity index (χ0) is 9.40. The van der Waals surface area contributed by atoms with Gasteiger partial charge in [-0.25, -0.2) is 0 Å². The molecule has 0 heterocycles. The van der Waals surface area contributed by atoms with E-state index in [1.807, 2.05) is 6.92 Å². The van der Waals surface area contributed by atoms with Crippen molar-refractivity contribution in [2.75, 3.05) is 6.61 Å². The lowest BCUT2D eigenvalue weighted by Crippen LogP contribution is -2.16. The van der Waals surface area contributed by atoms with Gasteiger partial charge >= 0.3 is 5.97 Å². The fraction of sp³-hybridized carbons (Fsp3) is 0.500. The molecule has 2 heteroatoms. The molecule has 0 aliphatic carbocycles. The van der Waals surface area contributed by atoms with Gasteiger partial charge in [0, 0.05) is 6.42 Å². The van der Waals surface area contributed by atoms with Gasteiger partial charge in [-0.15, -0.1) is 12.3 Å². The molecule has 0 saturated heterocycles. The van der Waals surface area contributed by atoms with Gasteiger partial charge in [-0.2, -0.15) is 0 Å². The predicted octanol–water partition coefficient (Wildman–Crippen LogP) is 1.77. The normalized spacial score (nSPS) is 11.3. The monoisotopic (exact) mass is 166 g/mol. The van der Waals surface area contributed by atoms with Crippen LogP contribution in [0.1, 0.15) is 19.8 Å². The molecule has 0 aromatic carbocycles. The molecule has 0 spiro atoms. The van der Waals surface area contributed by atoms with Crippen LogP contribution < -0.4 is 0 Å². The van der Waals surface area contributed by atoms with Gasteiger partial charge < -0.3 is 4.74 Å². The first-order valence-corrected chi connectivity index (χ1v) is 3.97. The molecule has 0 aromatic heterocycles. The van der Waals surface area contributed by atoms with Gasteiger partial charge in [0.2, 0.25) is 0 Å². The van der Waals surface area contributed by atoms with Crippen LogP contribution in [0, 0.1) is 18.3 Å². The Morgan fingerprint density at radius 2 is 2.50 bits per heavy atom. The quantitative estimate of drug-likeness (QED) is 0.353. The molecule has 66 valence electrons. The van der Waals surface area contributed by atoms with Crippen LogP contribution in [-0.4, -0.2) is 12.6 Å². The Morgan fingerprint density at radius 3 is 2.92 bits per heavy atom. The highest BCUT2D eigenvalue weighted by molar-refractivity contribution is 5.72. The zero-order valence-corrected chi connectivity index (χ0v) is 7.38. The molecule has 12 heavy (non-hydrogen) atoms. The van der Waals surface area contributed by atoms with Gasteiger partial charge in [0.15, 0.2) is 0 Å². The number of carbonyl (C=O) groups excluding carboxylic acids is 1. The predicted molar refractivity (Wildman–Crippen MR) is 48.4 cm³/mol. The molecule has 0 aliphatic rings. The Balaban J connectivity index is 3.86. The molecule has 0 rings (SSSR count). The fourth-order valence-electron chi connectivity index (χ4n) is 0.796. The van der Waals surface area contributed by atoms with Gasteiger partial charge in [0.1, 0.15) is 6.61 Å². The largest absolute Gasteiger partial charge is 0.461 e. The van der Waals surface area contributed by atoms with E-state index >= 15 is 0 Å². The Hall–Kier alpha value is -1.23. The summed E-state index contributed by atoms with van der Waals surface area (Å²) < 4.78 is 4.84. The maximum atomic E-state index is 11.2. The van der Waals surface area contributed by atoms with Crippen LogP contribution in [0.5, 0.6) is 0 Å². The topological polar surface area (TPSA) is 26.3 Å². The summed E-state index contributed by atoms with van der Waals surface area (Å²) in [6, 6.07) is 0. The molecule has 2 nitrogen and oxygen atoms in total. The third-order valence-corrected chi connectivity index (χ3v) is 1.53. The SMILES string of the molecule is C#CCC(CC)C(=O)OCC=C. The van der Waals surface area contributed by atoms with Crippen LogP contribution in [0.15, 0.2) is 12.7 Å². The summed E-state index contributed by atoms with van der Waals surface area (Å²) in [5.74, 6) is 2.07. The first-order chi connectivity index (χ1) is 5.76. The molecule has 0 N–H and O–H groups in total. The molecular formula is C10H14O2. The van der Waals surface area contributed by atoms with Crippen LogP contribution in [-0.2, 0) is 9.53 Å². The molecule has 1 unspecified atom stereocenters. The number of hydrogen-bond acceptors (Lipinski definition) is 2. The average Bonchev–Trinajstić information content (AvgIpc) is 2.10. The molecule has 0 saturated carbocycles. The Labute approximate surface area is 73.6 Å². The van der Waals surface area contributed by atoms with Gasteiger partial charge in [0.05, 0.1) is 5.92 Å². The summed E-state index contributed by atoms with van der Waals surface area (Å²) in [5, 5.41) is 0. The van der Waals surface area contributed by atoms with Crippen LogP contribution in [0.2, 0.25) is 0 Å². The standard InChI is InChI=1S/C10H14O2/c1-4-7-9(6-3)10(11)12-8-5-2/h1,5,9H,2,6-8H2,3H3. The van der Waals surface area contributed by atoms with Crippen molar-refractivity contribution in [1.82, 2.24) is 0 Å². The van der Waals surface area contributed by atoms with Gasteiger partial charge in [-0.1, -0.05) is 19.6 Å². The molecule has 0 aliphatic heterocycles. The van der Waals surface area contributed by atoms with Crippen molar-refractivity contribution in [3.63, 3.8) is 0 Å². The van der Waals surface area contributed by atoms with Crippen LogP contribution in [0.4, 0.5) is 0 Å². The molecule has 0 aromatic rings. The molecule has 0 radical (unpaired) electrons. The van der Waals surface area contributed by atoms with E-state index in [0.29, 0.717) is 6.42 Å². The van der Waals surface area contributed by atoms with E-state index in [0.717, 1.165) is 6.42 Å².